The van der Waals surface area contributed by atoms with Gasteiger partial charge in [-0.1, -0.05) is 18.2 Å². The molecule has 0 fully saturated rings. The van der Waals surface area contributed by atoms with E-state index in [-0.39, 0.29) is 0 Å². The number of nitrogens with one attached hydrogen (secondary N) is 1. The highest BCUT2D eigenvalue weighted by atomic mass is 16.5. The van der Waals surface area contributed by atoms with Gasteiger partial charge >= 0.3 is 0 Å². The van der Waals surface area contributed by atoms with Crippen molar-refractivity contribution in [3.8, 4) is 5.75 Å². The van der Waals surface area contributed by atoms with Gasteiger partial charge in [-0.3, -0.25) is 10.3 Å². The smallest absolute Gasteiger partial charge is 0.123 e. The molecule has 0 aliphatic rings. The van der Waals surface area contributed by atoms with Crippen LogP contribution in [-0.2, 0) is 6.54 Å². The Bertz CT molecular complexity index is 673. The van der Waals surface area contributed by atoms with Gasteiger partial charge in [0.1, 0.15) is 5.75 Å². The first-order valence-corrected chi connectivity index (χ1v) is 8.78. The Morgan fingerprint density at radius 1 is 1.04 bits per heavy atom. The quantitative estimate of drug-likeness (QED) is 0.556. The topological polar surface area (TPSA) is 36.9 Å². The maximum Gasteiger partial charge on any atom is 0.123 e. The molecular weight excluding hydrogens is 310 g/mol. The summed E-state index contributed by atoms with van der Waals surface area (Å²) >= 11 is 0. The molecule has 2 aromatic carbocycles. The molecule has 0 spiro atoms. The third-order valence-electron chi connectivity index (χ3n) is 4.17. The minimum Gasteiger partial charge on any atom is -0.496 e. The number of hydrogen-bond donors (Lipinski definition) is 1. The molecule has 2 rings (SSSR count). The molecule has 0 aliphatic carbocycles. The molecule has 0 bridgehead atoms. The molecule has 0 saturated heterocycles. The van der Waals surface area contributed by atoms with Crippen LogP contribution in [0, 0.1) is 0 Å². The second kappa shape index (κ2) is 9.23. The van der Waals surface area contributed by atoms with Gasteiger partial charge in [-0.25, -0.2) is 0 Å². The fraction of sp³-hybridized carbons (Fsp3) is 0.381. The number of anilines is 1. The Morgan fingerprint density at radius 3 is 2.32 bits per heavy atom. The van der Waals surface area contributed by atoms with Crippen molar-refractivity contribution in [1.82, 2.24) is 4.90 Å². The predicted octanol–water partition coefficient (Wildman–Crippen LogP) is 4.76. The van der Waals surface area contributed by atoms with Crippen LogP contribution in [0.3, 0.4) is 0 Å². The lowest BCUT2D eigenvalue weighted by atomic mass is 10.1. The van der Waals surface area contributed by atoms with E-state index in [9.17, 15) is 0 Å². The summed E-state index contributed by atoms with van der Waals surface area (Å²) in [5.41, 5.74) is 6.24. The minimum atomic E-state index is 0.474. The lowest BCUT2D eigenvalue weighted by Gasteiger charge is -2.31. The van der Waals surface area contributed by atoms with Gasteiger partial charge in [-0.2, -0.15) is 5.10 Å². The van der Waals surface area contributed by atoms with Gasteiger partial charge in [-0.05, 0) is 63.6 Å². The van der Waals surface area contributed by atoms with E-state index < -0.39 is 0 Å². The van der Waals surface area contributed by atoms with Crippen molar-refractivity contribution in [1.29, 1.82) is 0 Å². The van der Waals surface area contributed by atoms with E-state index in [1.807, 2.05) is 48.7 Å². The van der Waals surface area contributed by atoms with Crippen molar-refractivity contribution < 1.29 is 4.74 Å². The SMILES string of the molecule is COc1ccc(C=NNc2ccccc2)cc1CN(C(C)C)C(C)C. The Hall–Kier alpha value is -2.33. The zero-order valence-electron chi connectivity index (χ0n) is 15.9. The zero-order valence-corrected chi connectivity index (χ0v) is 15.9. The van der Waals surface area contributed by atoms with E-state index in [1.165, 1.54) is 5.56 Å². The summed E-state index contributed by atoms with van der Waals surface area (Å²) in [6.07, 6.45) is 1.84. The summed E-state index contributed by atoms with van der Waals surface area (Å²) in [4.78, 5) is 2.45. The van der Waals surface area contributed by atoms with Gasteiger partial charge in [0.2, 0.25) is 0 Å². The number of nitrogens with zero attached hydrogens (tertiary/aromatic N) is 2. The summed E-state index contributed by atoms with van der Waals surface area (Å²) in [5.74, 6) is 0.916. The highest BCUT2D eigenvalue weighted by Gasteiger charge is 2.16. The summed E-state index contributed by atoms with van der Waals surface area (Å²) in [7, 11) is 1.72. The van der Waals surface area contributed by atoms with Crippen molar-refractivity contribution in [2.75, 3.05) is 12.5 Å². The molecule has 25 heavy (non-hydrogen) atoms. The van der Waals surface area contributed by atoms with Crippen LogP contribution in [0.2, 0.25) is 0 Å². The molecule has 0 saturated carbocycles. The van der Waals surface area contributed by atoms with Gasteiger partial charge in [0, 0.05) is 24.2 Å². The molecule has 0 heterocycles. The molecule has 0 unspecified atom stereocenters. The third kappa shape index (κ3) is 5.61. The summed E-state index contributed by atoms with van der Waals surface area (Å²) in [5, 5.41) is 4.33. The van der Waals surface area contributed by atoms with Crippen molar-refractivity contribution in [2.45, 2.75) is 46.3 Å². The molecular formula is C21H29N3O. The third-order valence-corrected chi connectivity index (χ3v) is 4.17. The van der Waals surface area contributed by atoms with Crippen LogP contribution in [-0.4, -0.2) is 30.3 Å². The Morgan fingerprint density at radius 2 is 1.72 bits per heavy atom. The van der Waals surface area contributed by atoms with Gasteiger partial charge < -0.3 is 4.74 Å². The number of para-hydroxylation sites is 1. The van der Waals surface area contributed by atoms with Gasteiger partial charge in [-0.15, -0.1) is 0 Å². The first-order chi connectivity index (χ1) is 12.0. The van der Waals surface area contributed by atoms with Gasteiger partial charge in [0.25, 0.3) is 0 Å². The van der Waals surface area contributed by atoms with E-state index in [1.54, 1.807) is 7.11 Å². The van der Waals surface area contributed by atoms with E-state index in [2.05, 4.69) is 49.2 Å². The van der Waals surface area contributed by atoms with Crippen LogP contribution >= 0.6 is 0 Å². The number of hydrogen-bond acceptors (Lipinski definition) is 4. The van der Waals surface area contributed by atoms with Crippen LogP contribution in [0.4, 0.5) is 5.69 Å². The number of rotatable bonds is 8. The summed E-state index contributed by atoms with van der Waals surface area (Å²) in [6.45, 7) is 9.75. The molecule has 0 amide bonds. The van der Waals surface area contributed by atoms with Crippen LogP contribution in [0.15, 0.2) is 53.6 Å². The number of ether oxygens (including phenoxy) is 1. The number of hydrazone groups is 1. The van der Waals surface area contributed by atoms with Crippen LogP contribution < -0.4 is 10.2 Å². The molecule has 0 atom stereocenters. The fourth-order valence-electron chi connectivity index (χ4n) is 2.85. The fourth-order valence-corrected chi connectivity index (χ4v) is 2.85. The van der Waals surface area contributed by atoms with Gasteiger partial charge in [0.15, 0.2) is 0 Å². The highest BCUT2D eigenvalue weighted by Crippen LogP contribution is 2.23. The molecule has 4 heteroatoms. The highest BCUT2D eigenvalue weighted by molar-refractivity contribution is 5.81. The standard InChI is InChI=1S/C21H29N3O/c1-16(2)24(17(3)4)15-19-13-18(11-12-21(19)25-5)14-22-23-20-9-7-6-8-10-20/h6-14,16-17,23H,15H2,1-5H3. The van der Waals surface area contributed by atoms with E-state index in [4.69, 9.17) is 4.74 Å². The van der Waals surface area contributed by atoms with Crippen LogP contribution in [0.1, 0.15) is 38.8 Å². The average molecular weight is 339 g/mol. The zero-order chi connectivity index (χ0) is 18.2. The maximum atomic E-state index is 5.55. The van der Waals surface area contributed by atoms with Crippen molar-refractivity contribution in [2.24, 2.45) is 5.10 Å². The van der Waals surface area contributed by atoms with E-state index in [0.717, 1.165) is 23.5 Å². The lowest BCUT2D eigenvalue weighted by molar-refractivity contribution is 0.164. The normalized spacial score (nSPS) is 11.7. The summed E-state index contributed by atoms with van der Waals surface area (Å²) in [6, 6.07) is 17.0. The summed E-state index contributed by atoms with van der Waals surface area (Å²) < 4.78 is 5.55. The lowest BCUT2D eigenvalue weighted by Crippen LogP contribution is -2.36. The molecule has 1 N–H and O–H groups in total. The monoisotopic (exact) mass is 339 g/mol. The van der Waals surface area contributed by atoms with E-state index in [0.29, 0.717) is 12.1 Å². The maximum absolute atomic E-state index is 5.55. The Labute approximate surface area is 151 Å². The molecule has 0 aromatic heterocycles. The molecule has 0 radical (unpaired) electrons. The van der Waals surface area contributed by atoms with Crippen molar-refractivity contribution in [3.05, 3.63) is 59.7 Å². The number of methoxy groups -OCH3 is 1. The molecule has 134 valence electrons. The van der Waals surface area contributed by atoms with E-state index >= 15 is 0 Å². The molecule has 0 aliphatic heterocycles. The second-order valence-electron chi connectivity index (χ2n) is 6.67. The largest absolute Gasteiger partial charge is 0.496 e. The number of benzene rings is 2. The second-order valence-corrected chi connectivity index (χ2v) is 6.67. The van der Waals surface area contributed by atoms with Gasteiger partial charge in [0.05, 0.1) is 19.0 Å². The van der Waals surface area contributed by atoms with Crippen LogP contribution in [0.5, 0.6) is 5.75 Å². The van der Waals surface area contributed by atoms with Crippen molar-refractivity contribution >= 4 is 11.9 Å². The predicted molar refractivity (Wildman–Crippen MR) is 106 cm³/mol. The Balaban J connectivity index is 2.15. The first-order valence-electron chi connectivity index (χ1n) is 8.78. The molecule has 2 aromatic rings. The van der Waals surface area contributed by atoms with Crippen molar-refractivity contribution in [3.63, 3.8) is 0 Å². The van der Waals surface area contributed by atoms with Crippen LogP contribution in [0.25, 0.3) is 0 Å². The minimum absolute atomic E-state index is 0.474. The Kier molecular flexibility index (Phi) is 7.02. The first kappa shape index (κ1) is 19.0. The average Bonchev–Trinajstić information content (AvgIpc) is 2.60. The molecule has 4 nitrogen and oxygen atoms in total.